The van der Waals surface area contributed by atoms with Crippen molar-refractivity contribution in [2.45, 2.75) is 79.6 Å². The average Bonchev–Trinajstić information content (AvgIpc) is 3.42. The first-order valence-corrected chi connectivity index (χ1v) is 15.3. The van der Waals surface area contributed by atoms with E-state index >= 15 is 0 Å². The predicted octanol–water partition coefficient (Wildman–Crippen LogP) is 6.48. The summed E-state index contributed by atoms with van der Waals surface area (Å²) in [5.74, 6) is -3.44. The smallest absolute Gasteiger partial charge is 0.407 e. The van der Waals surface area contributed by atoms with Gasteiger partial charge in [0.15, 0.2) is 6.10 Å². The van der Waals surface area contributed by atoms with Gasteiger partial charge in [0.2, 0.25) is 0 Å². The van der Waals surface area contributed by atoms with Crippen LogP contribution in [-0.2, 0) is 28.6 Å². The Morgan fingerprint density at radius 3 is 2.27 bits per heavy atom. The molecule has 2 aliphatic heterocycles. The number of nitrogens with zero attached hydrogens (tertiary/aromatic N) is 1. The van der Waals surface area contributed by atoms with Crippen LogP contribution < -0.4 is 5.32 Å². The Balaban J connectivity index is 0.00000232. The van der Waals surface area contributed by atoms with Gasteiger partial charge in [-0.25, -0.2) is 4.79 Å². The minimum Gasteiger partial charge on any atom is -0.461 e. The Kier molecular flexibility index (Phi) is 16.9. The van der Waals surface area contributed by atoms with Crippen LogP contribution in [0.2, 0.25) is 0 Å². The number of hydrogen-bond donors (Lipinski definition) is 1. The Morgan fingerprint density at radius 2 is 1.66 bits per heavy atom. The van der Waals surface area contributed by atoms with Crippen LogP contribution in [0.4, 0.5) is 4.79 Å². The van der Waals surface area contributed by atoms with Gasteiger partial charge in [0, 0.05) is 29.5 Å². The van der Waals surface area contributed by atoms with Gasteiger partial charge in [-0.05, 0) is 44.4 Å². The number of rotatable bonds is 6. The molecule has 0 saturated carbocycles. The molecule has 0 aromatic carbocycles. The van der Waals surface area contributed by atoms with Crippen molar-refractivity contribution < 1.29 is 33.4 Å². The number of hydrogen-bond acceptors (Lipinski definition) is 8. The van der Waals surface area contributed by atoms with E-state index < -0.39 is 54.0 Å². The molecule has 2 aliphatic rings. The van der Waals surface area contributed by atoms with Gasteiger partial charge in [-0.1, -0.05) is 65.5 Å². The van der Waals surface area contributed by atoms with Crippen LogP contribution in [0.1, 0.15) is 78.1 Å². The van der Waals surface area contributed by atoms with Crippen LogP contribution in [0.15, 0.2) is 44.2 Å². The fourth-order valence-electron chi connectivity index (χ4n) is 5.21. The first kappa shape index (κ1) is 38.2. The first-order valence-electron chi connectivity index (χ1n) is 15.3. The third-order valence-corrected chi connectivity index (χ3v) is 7.56. The molecule has 0 bridgehead atoms. The number of carbonyl (C=O) groups is 4. The zero-order valence-corrected chi connectivity index (χ0v) is 27.3. The van der Waals surface area contributed by atoms with Crippen molar-refractivity contribution in [3.05, 3.63) is 61.0 Å². The molecule has 9 heteroatoms. The number of ketones is 2. The van der Waals surface area contributed by atoms with E-state index in [4.69, 9.17) is 14.2 Å². The molecule has 0 spiro atoms. The van der Waals surface area contributed by atoms with E-state index in [9.17, 15) is 19.2 Å². The lowest BCUT2D eigenvalue weighted by Gasteiger charge is -2.28. The summed E-state index contributed by atoms with van der Waals surface area (Å²) in [6.07, 6.45) is 9.97. The highest BCUT2D eigenvalue weighted by Gasteiger charge is 2.43. The number of amides is 1. The summed E-state index contributed by atoms with van der Waals surface area (Å²) in [4.78, 5) is 55.4. The standard InChI is InChI=1S/C31H40N2O7.C2H6.C2H4/c1-7-10-25-23(8-2)15-22(16-32-25)11-9-12-38-24-13-18(3)28(34)20(5)27-26(40-31(37)33-27)17-39-30(36)21(6)29(35)19(4)14-24;2*1-2/h7-11,15-16,18-21,24,26-27H,2,12-14,17H2,1,3-6H3,(H,33,37);1-2H3;1-2H2/b10-7-,11-9+;;/t18-,19-,20?,21?,24?,26?,27?;;/m1../s1. The lowest BCUT2D eigenvalue weighted by atomic mass is 9.82. The number of fused-ring (bicyclic) bond motifs is 1. The van der Waals surface area contributed by atoms with E-state index in [0.717, 1.165) is 16.8 Å². The van der Waals surface area contributed by atoms with E-state index in [1.807, 2.05) is 58.1 Å². The summed E-state index contributed by atoms with van der Waals surface area (Å²) >= 11 is 0. The SMILES string of the molecule is C=C.C=Cc1cc(/C=C/COC2C[C@@H](C)C(=O)C(C)C(=O)OCC3OC(=O)NC3C(C)C(=O)[C@H](C)C2)cnc1/C=C\C.CC. The van der Waals surface area contributed by atoms with E-state index in [1.165, 1.54) is 6.92 Å². The van der Waals surface area contributed by atoms with Crippen LogP contribution in [-0.4, -0.2) is 60.1 Å². The fraction of sp³-hybridized carbons (Fsp3) is 0.514. The molecule has 44 heavy (non-hydrogen) atoms. The van der Waals surface area contributed by atoms with Crippen molar-refractivity contribution in [3.63, 3.8) is 0 Å². The summed E-state index contributed by atoms with van der Waals surface area (Å²) < 4.78 is 16.8. The van der Waals surface area contributed by atoms with Gasteiger partial charge in [-0.15, -0.1) is 13.2 Å². The molecule has 9 nitrogen and oxygen atoms in total. The van der Waals surface area contributed by atoms with Crippen LogP contribution in [0, 0.1) is 23.7 Å². The van der Waals surface area contributed by atoms with Gasteiger partial charge < -0.3 is 19.5 Å². The molecular formula is C35H50N2O7. The summed E-state index contributed by atoms with van der Waals surface area (Å²) in [6.45, 7) is 22.7. The number of pyridine rings is 1. The fourth-order valence-corrected chi connectivity index (χ4v) is 5.21. The van der Waals surface area contributed by atoms with Crippen molar-refractivity contribution in [1.82, 2.24) is 10.3 Å². The third-order valence-electron chi connectivity index (χ3n) is 7.56. The number of alkyl carbamates (subject to hydrolysis) is 1. The summed E-state index contributed by atoms with van der Waals surface area (Å²) in [7, 11) is 0. The molecule has 1 aromatic heterocycles. The summed E-state index contributed by atoms with van der Waals surface area (Å²) in [5.41, 5.74) is 2.64. The zero-order valence-electron chi connectivity index (χ0n) is 27.3. The van der Waals surface area contributed by atoms with Crippen LogP contribution in [0.3, 0.4) is 0 Å². The quantitative estimate of drug-likeness (QED) is 0.221. The summed E-state index contributed by atoms with van der Waals surface area (Å²) in [6, 6.07) is 1.34. The van der Waals surface area contributed by atoms with Crippen molar-refractivity contribution in [2.75, 3.05) is 13.2 Å². The lowest BCUT2D eigenvalue weighted by molar-refractivity contribution is -0.155. The Hall–Kier alpha value is -3.85. The molecule has 1 aromatic rings. The molecule has 2 saturated heterocycles. The number of allylic oxidation sites excluding steroid dienone is 1. The van der Waals surface area contributed by atoms with E-state index in [2.05, 4.69) is 30.0 Å². The minimum absolute atomic E-state index is 0.0649. The highest BCUT2D eigenvalue weighted by molar-refractivity contribution is 5.99. The molecule has 3 rings (SSSR count). The molecule has 3 heterocycles. The highest BCUT2D eigenvalue weighted by Crippen LogP contribution is 2.27. The third kappa shape index (κ3) is 10.7. The van der Waals surface area contributed by atoms with Gasteiger partial charge in [-0.3, -0.25) is 19.4 Å². The largest absolute Gasteiger partial charge is 0.461 e. The predicted molar refractivity (Wildman–Crippen MR) is 174 cm³/mol. The van der Waals surface area contributed by atoms with Crippen molar-refractivity contribution in [1.29, 1.82) is 0 Å². The molecule has 5 unspecified atom stereocenters. The highest BCUT2D eigenvalue weighted by atomic mass is 16.6. The van der Waals surface area contributed by atoms with Gasteiger partial charge in [0.25, 0.3) is 0 Å². The summed E-state index contributed by atoms with van der Waals surface area (Å²) in [5, 5.41) is 2.67. The van der Waals surface area contributed by atoms with Gasteiger partial charge in [0.1, 0.15) is 24.1 Å². The molecule has 0 radical (unpaired) electrons. The molecule has 7 atom stereocenters. The molecule has 1 amide bonds. The number of nitrogens with one attached hydrogen (secondary N) is 1. The zero-order chi connectivity index (χ0) is 33.4. The van der Waals surface area contributed by atoms with E-state index in [0.29, 0.717) is 12.8 Å². The van der Waals surface area contributed by atoms with Crippen molar-refractivity contribution in [2.24, 2.45) is 23.7 Å². The maximum absolute atomic E-state index is 13.4. The van der Waals surface area contributed by atoms with E-state index in [1.54, 1.807) is 26.1 Å². The Morgan fingerprint density at radius 1 is 1.02 bits per heavy atom. The lowest BCUT2D eigenvalue weighted by Crippen LogP contribution is -2.45. The molecule has 2 fully saturated rings. The van der Waals surface area contributed by atoms with Crippen molar-refractivity contribution in [3.8, 4) is 0 Å². The number of ether oxygens (including phenoxy) is 3. The maximum Gasteiger partial charge on any atom is 0.407 e. The first-order chi connectivity index (χ1) is 21.0. The molecule has 0 aliphatic carbocycles. The topological polar surface area (TPSA) is 121 Å². The second kappa shape index (κ2) is 19.4. The number of esters is 1. The normalized spacial score (nSPS) is 27.9. The maximum atomic E-state index is 13.4. The van der Waals surface area contributed by atoms with Crippen molar-refractivity contribution >= 4 is 41.9 Å². The van der Waals surface area contributed by atoms with Gasteiger partial charge in [-0.2, -0.15) is 0 Å². The number of carbonyl (C=O) groups excluding carboxylic acids is 4. The van der Waals surface area contributed by atoms with E-state index in [-0.39, 0.29) is 24.8 Å². The van der Waals surface area contributed by atoms with Crippen LogP contribution in [0.25, 0.3) is 18.2 Å². The number of cyclic esters (lactones) is 1. The second-order valence-electron chi connectivity index (χ2n) is 10.6. The van der Waals surface area contributed by atoms with Gasteiger partial charge in [0.05, 0.1) is 24.4 Å². The van der Waals surface area contributed by atoms with Gasteiger partial charge >= 0.3 is 12.1 Å². The number of Topliss-reactive ketones (excluding diaryl/α,β-unsaturated/α-hetero) is 2. The second-order valence-corrected chi connectivity index (χ2v) is 10.6. The van der Waals surface area contributed by atoms with Crippen LogP contribution in [0.5, 0.6) is 0 Å². The average molecular weight is 611 g/mol. The van der Waals surface area contributed by atoms with Crippen LogP contribution >= 0.6 is 0 Å². The Bertz CT molecular complexity index is 1190. The monoisotopic (exact) mass is 610 g/mol. The molecular weight excluding hydrogens is 560 g/mol. The number of aromatic nitrogens is 1. The Labute approximate surface area is 262 Å². The molecule has 1 N–H and O–H groups in total. The molecule has 242 valence electrons. The minimum atomic E-state index is -0.976.